The Morgan fingerprint density at radius 3 is 1.75 bits per heavy atom. The maximum atomic E-state index is 12.7. The number of alkyl halides is 6. The summed E-state index contributed by atoms with van der Waals surface area (Å²) in [6.07, 6.45) is -10.0. The highest BCUT2D eigenvalue weighted by atomic mass is 19.4. The van der Waals surface area contributed by atoms with E-state index in [0.29, 0.717) is 0 Å². The van der Waals surface area contributed by atoms with E-state index >= 15 is 0 Å². The number of halogens is 6. The summed E-state index contributed by atoms with van der Waals surface area (Å²) in [7, 11) is 1.49. The zero-order chi connectivity index (χ0) is 15.7. The number of hydrogen-bond acceptors (Lipinski definition) is 3. The van der Waals surface area contributed by atoms with Crippen molar-refractivity contribution < 1.29 is 40.6 Å². The predicted octanol–water partition coefficient (Wildman–Crippen LogP) is 3.52. The van der Waals surface area contributed by atoms with Crippen LogP contribution >= 0.6 is 0 Å². The van der Waals surface area contributed by atoms with Crippen molar-refractivity contribution in [2.24, 2.45) is 0 Å². The van der Waals surface area contributed by atoms with Gasteiger partial charge < -0.3 is 9.47 Å². The first-order valence-electron chi connectivity index (χ1n) is 4.97. The molecule has 112 valence electrons. The lowest BCUT2D eigenvalue weighted by molar-refractivity contribution is -0.142. The molecule has 1 rings (SSSR count). The number of carbonyl (C=O) groups excluding carboxylic acids is 1. The molecule has 0 heterocycles. The molecule has 0 unspecified atom stereocenters. The molecule has 0 aliphatic heterocycles. The average molecular weight is 302 g/mol. The van der Waals surface area contributed by atoms with E-state index in [1.165, 1.54) is 0 Å². The molecule has 20 heavy (non-hydrogen) atoms. The second-order valence-electron chi connectivity index (χ2n) is 3.56. The van der Waals surface area contributed by atoms with E-state index in [1.54, 1.807) is 0 Å². The van der Waals surface area contributed by atoms with Gasteiger partial charge in [-0.1, -0.05) is 0 Å². The van der Waals surface area contributed by atoms with E-state index in [2.05, 4.69) is 9.47 Å². The van der Waals surface area contributed by atoms with E-state index in [1.807, 2.05) is 0 Å². The maximum absolute atomic E-state index is 12.7. The van der Waals surface area contributed by atoms with Crippen LogP contribution in [0.25, 0.3) is 0 Å². The summed E-state index contributed by atoms with van der Waals surface area (Å²) in [6, 6.07) is 0.367. The molecule has 0 fully saturated rings. The lowest BCUT2D eigenvalue weighted by Crippen LogP contribution is -2.19. The van der Waals surface area contributed by atoms with Crippen LogP contribution in [0.1, 0.15) is 21.5 Å². The Kier molecular flexibility index (Phi) is 4.21. The van der Waals surface area contributed by atoms with Gasteiger partial charge in [0.15, 0.2) is 0 Å². The van der Waals surface area contributed by atoms with Gasteiger partial charge in [0.05, 0.1) is 25.3 Å². The Labute approximate surface area is 109 Å². The molecule has 0 saturated heterocycles. The van der Waals surface area contributed by atoms with Gasteiger partial charge in [-0.25, -0.2) is 4.79 Å². The molecule has 0 aliphatic rings. The molecule has 0 bridgehead atoms. The number of esters is 1. The van der Waals surface area contributed by atoms with Crippen molar-refractivity contribution in [2.45, 2.75) is 12.4 Å². The van der Waals surface area contributed by atoms with Crippen LogP contribution in [0.4, 0.5) is 26.3 Å². The van der Waals surface area contributed by atoms with Crippen molar-refractivity contribution in [3.63, 3.8) is 0 Å². The maximum Gasteiger partial charge on any atom is 0.419 e. The highest BCUT2D eigenvalue weighted by molar-refractivity contribution is 5.95. The molecule has 0 atom stereocenters. The molecule has 1 aromatic rings. The van der Waals surface area contributed by atoms with Crippen molar-refractivity contribution in [1.82, 2.24) is 0 Å². The Bertz CT molecular complexity index is 518. The third kappa shape index (κ3) is 2.97. The fourth-order valence-electron chi connectivity index (χ4n) is 1.56. The predicted molar refractivity (Wildman–Crippen MR) is 54.3 cm³/mol. The molecule has 0 spiro atoms. The van der Waals surface area contributed by atoms with Gasteiger partial charge in [-0.3, -0.25) is 0 Å². The van der Waals surface area contributed by atoms with Gasteiger partial charge in [0.1, 0.15) is 11.3 Å². The minimum Gasteiger partial charge on any atom is -0.495 e. The summed E-state index contributed by atoms with van der Waals surface area (Å²) in [6.45, 7) is 0. The van der Waals surface area contributed by atoms with Crippen LogP contribution in [0.15, 0.2) is 12.1 Å². The smallest absolute Gasteiger partial charge is 0.419 e. The summed E-state index contributed by atoms with van der Waals surface area (Å²) < 4.78 is 84.8. The Morgan fingerprint density at radius 2 is 1.40 bits per heavy atom. The molecule has 1 aromatic carbocycles. The van der Waals surface area contributed by atoms with Crippen LogP contribution < -0.4 is 4.74 Å². The minimum absolute atomic E-state index is 0.164. The summed E-state index contributed by atoms with van der Waals surface area (Å²) in [5.41, 5.74) is -4.36. The monoisotopic (exact) mass is 302 g/mol. The molecule has 0 radical (unpaired) electrons. The first-order valence-corrected chi connectivity index (χ1v) is 4.97. The molecular weight excluding hydrogens is 294 g/mol. The molecule has 9 heteroatoms. The van der Waals surface area contributed by atoms with Crippen LogP contribution in [0.2, 0.25) is 0 Å². The standard InChI is InChI=1S/C11H8F6O3/c1-19-8-6(11(15,16)17)4-3-5(10(12,13)14)7(8)9(18)20-2/h3-4H,1-2H3. The lowest BCUT2D eigenvalue weighted by Gasteiger charge is -2.18. The van der Waals surface area contributed by atoms with Crippen LogP contribution in [0, 0.1) is 0 Å². The zero-order valence-electron chi connectivity index (χ0n) is 10.1. The van der Waals surface area contributed by atoms with Crippen molar-refractivity contribution in [1.29, 1.82) is 0 Å². The lowest BCUT2D eigenvalue weighted by atomic mass is 10.0. The molecule has 0 aromatic heterocycles. The average Bonchev–Trinajstić information content (AvgIpc) is 2.33. The summed E-state index contributed by atoms with van der Waals surface area (Å²) >= 11 is 0. The number of ether oxygens (including phenoxy) is 2. The molecule has 0 saturated carbocycles. The van der Waals surface area contributed by atoms with Gasteiger partial charge in [0.2, 0.25) is 0 Å². The van der Waals surface area contributed by atoms with Gasteiger partial charge in [-0.15, -0.1) is 0 Å². The van der Waals surface area contributed by atoms with Gasteiger partial charge in [-0.2, -0.15) is 26.3 Å². The summed E-state index contributed by atoms with van der Waals surface area (Å²) in [5, 5.41) is 0. The number of carbonyl (C=O) groups is 1. The minimum atomic E-state index is -5.03. The van der Waals surface area contributed by atoms with Gasteiger partial charge in [0.25, 0.3) is 0 Å². The highest BCUT2D eigenvalue weighted by Gasteiger charge is 2.43. The molecule has 0 amide bonds. The quantitative estimate of drug-likeness (QED) is 0.619. The third-order valence-electron chi connectivity index (χ3n) is 2.36. The van der Waals surface area contributed by atoms with E-state index in [9.17, 15) is 31.1 Å². The van der Waals surface area contributed by atoms with Crippen LogP contribution in [0.5, 0.6) is 5.75 Å². The SMILES string of the molecule is COC(=O)c1c(C(F)(F)F)ccc(C(F)(F)F)c1OC. The van der Waals surface area contributed by atoms with E-state index < -0.39 is 40.8 Å². The van der Waals surface area contributed by atoms with Crippen molar-refractivity contribution in [3.05, 3.63) is 28.8 Å². The molecule has 3 nitrogen and oxygen atoms in total. The molecule has 0 aliphatic carbocycles. The highest BCUT2D eigenvalue weighted by Crippen LogP contribution is 2.43. The van der Waals surface area contributed by atoms with Crippen molar-refractivity contribution >= 4 is 5.97 Å². The zero-order valence-corrected chi connectivity index (χ0v) is 10.1. The molecular formula is C11H8F6O3. The first kappa shape index (κ1) is 16.1. The number of methoxy groups -OCH3 is 2. The van der Waals surface area contributed by atoms with E-state index in [4.69, 9.17) is 0 Å². The van der Waals surface area contributed by atoms with E-state index in [0.717, 1.165) is 14.2 Å². The van der Waals surface area contributed by atoms with Gasteiger partial charge >= 0.3 is 18.3 Å². The second kappa shape index (κ2) is 5.22. The van der Waals surface area contributed by atoms with Crippen molar-refractivity contribution in [2.75, 3.05) is 14.2 Å². The third-order valence-corrected chi connectivity index (χ3v) is 2.36. The summed E-state index contributed by atoms with van der Waals surface area (Å²) in [4.78, 5) is 11.4. The van der Waals surface area contributed by atoms with E-state index in [-0.39, 0.29) is 12.1 Å². The number of hydrogen-bond donors (Lipinski definition) is 0. The molecule has 0 N–H and O–H groups in total. The second-order valence-corrected chi connectivity index (χ2v) is 3.56. The first-order chi connectivity index (χ1) is 9.04. The van der Waals surface area contributed by atoms with Gasteiger partial charge in [-0.05, 0) is 12.1 Å². The van der Waals surface area contributed by atoms with Crippen molar-refractivity contribution in [3.8, 4) is 5.75 Å². The van der Waals surface area contributed by atoms with Crippen LogP contribution in [-0.4, -0.2) is 20.2 Å². The van der Waals surface area contributed by atoms with Gasteiger partial charge in [0, 0.05) is 0 Å². The normalized spacial score (nSPS) is 12.2. The largest absolute Gasteiger partial charge is 0.495 e. The number of benzene rings is 1. The number of rotatable bonds is 2. The fraction of sp³-hybridized carbons (Fsp3) is 0.364. The summed E-state index contributed by atoms with van der Waals surface area (Å²) in [5.74, 6) is -2.79. The topological polar surface area (TPSA) is 35.5 Å². The van der Waals surface area contributed by atoms with Crippen LogP contribution in [-0.2, 0) is 17.1 Å². The Morgan fingerprint density at radius 1 is 0.950 bits per heavy atom. The fourth-order valence-corrected chi connectivity index (χ4v) is 1.56. The Balaban J connectivity index is 3.74. The Hall–Kier alpha value is -1.93. The van der Waals surface area contributed by atoms with Crippen LogP contribution in [0.3, 0.4) is 0 Å².